The fourth-order valence-corrected chi connectivity index (χ4v) is 4.12. The molecule has 0 aliphatic carbocycles. The Morgan fingerprint density at radius 3 is 2.80 bits per heavy atom. The first kappa shape index (κ1) is 20.0. The molecule has 154 valence electrons. The van der Waals surface area contributed by atoms with E-state index in [-0.39, 0.29) is 6.61 Å². The molecule has 0 saturated carbocycles. The van der Waals surface area contributed by atoms with Crippen molar-refractivity contribution >= 4 is 34.7 Å². The Morgan fingerprint density at radius 2 is 2.03 bits per heavy atom. The molecule has 8 heteroatoms. The van der Waals surface area contributed by atoms with Gasteiger partial charge in [-0.15, -0.1) is 11.8 Å². The number of benzene rings is 1. The average molecular weight is 423 g/mol. The molecule has 3 aromatic rings. The van der Waals surface area contributed by atoms with Crippen LogP contribution in [0.4, 0.5) is 4.79 Å². The number of aromatic nitrogens is 1. The number of thioether (sulfide) groups is 1. The van der Waals surface area contributed by atoms with Gasteiger partial charge in [0.1, 0.15) is 17.6 Å². The lowest BCUT2D eigenvalue weighted by molar-refractivity contribution is -0.139. The van der Waals surface area contributed by atoms with Crippen LogP contribution in [0, 0.1) is 6.92 Å². The van der Waals surface area contributed by atoms with E-state index < -0.39 is 18.0 Å². The molecule has 2 amide bonds. The van der Waals surface area contributed by atoms with E-state index in [1.165, 1.54) is 11.8 Å². The van der Waals surface area contributed by atoms with Crippen molar-refractivity contribution in [2.45, 2.75) is 24.9 Å². The minimum atomic E-state index is -0.716. The van der Waals surface area contributed by atoms with Crippen molar-refractivity contribution in [1.29, 1.82) is 0 Å². The van der Waals surface area contributed by atoms with E-state index in [0.29, 0.717) is 28.5 Å². The first-order chi connectivity index (χ1) is 14.5. The molecule has 2 N–H and O–H groups in total. The third kappa shape index (κ3) is 4.18. The fraction of sp³-hybridized carbons (Fsp3) is 0.227. The molecule has 0 bridgehead atoms. The molecule has 0 spiro atoms. The second kappa shape index (κ2) is 8.62. The summed E-state index contributed by atoms with van der Waals surface area (Å²) in [6.07, 6.45) is 0. The van der Waals surface area contributed by atoms with Crippen LogP contribution in [-0.4, -0.2) is 29.3 Å². The number of urea groups is 1. The molecule has 4 rings (SSSR count). The van der Waals surface area contributed by atoms with Gasteiger partial charge in [-0.1, -0.05) is 24.3 Å². The largest absolute Gasteiger partial charge is 0.464 e. The third-order valence-corrected chi connectivity index (χ3v) is 5.59. The number of furan rings is 1. The van der Waals surface area contributed by atoms with Crippen LogP contribution >= 0.6 is 11.8 Å². The summed E-state index contributed by atoms with van der Waals surface area (Å²) in [4.78, 5) is 29.7. The summed E-state index contributed by atoms with van der Waals surface area (Å²) in [6, 6.07) is 14.2. The molecule has 7 nitrogen and oxygen atoms in total. The van der Waals surface area contributed by atoms with Crippen molar-refractivity contribution in [3.8, 4) is 0 Å². The van der Waals surface area contributed by atoms with Crippen LogP contribution in [0.15, 0.2) is 69.2 Å². The van der Waals surface area contributed by atoms with E-state index in [1.54, 1.807) is 19.1 Å². The smallest absolute Gasteiger partial charge is 0.338 e. The first-order valence-electron chi connectivity index (χ1n) is 9.57. The maximum atomic E-state index is 12.8. The summed E-state index contributed by atoms with van der Waals surface area (Å²) >= 11 is 1.44. The topological polar surface area (TPSA) is 93.5 Å². The van der Waals surface area contributed by atoms with E-state index in [1.807, 2.05) is 43.3 Å². The lowest BCUT2D eigenvalue weighted by atomic mass is 10.0. The van der Waals surface area contributed by atoms with Crippen molar-refractivity contribution in [2.75, 3.05) is 12.4 Å². The molecule has 1 atom stereocenters. The van der Waals surface area contributed by atoms with Gasteiger partial charge in [-0.3, -0.25) is 0 Å². The lowest BCUT2D eigenvalue weighted by Crippen LogP contribution is -2.46. The van der Waals surface area contributed by atoms with Crippen LogP contribution in [0.1, 0.15) is 24.5 Å². The summed E-state index contributed by atoms with van der Waals surface area (Å²) < 4.78 is 10.9. The normalized spacial score (nSPS) is 16.3. The Hall–Kier alpha value is -3.26. The third-order valence-electron chi connectivity index (χ3n) is 4.63. The number of amides is 2. The molecular formula is C22H21N3O4S. The van der Waals surface area contributed by atoms with Gasteiger partial charge in [0, 0.05) is 16.8 Å². The van der Waals surface area contributed by atoms with E-state index in [9.17, 15) is 9.59 Å². The molecule has 3 heterocycles. The van der Waals surface area contributed by atoms with E-state index in [2.05, 4.69) is 15.6 Å². The summed E-state index contributed by atoms with van der Waals surface area (Å²) in [5.74, 6) is 1.03. The number of rotatable bonds is 6. The molecule has 0 fully saturated rings. The van der Waals surface area contributed by atoms with Crippen LogP contribution in [0.2, 0.25) is 0 Å². The Kier molecular flexibility index (Phi) is 5.76. The number of nitrogens with zero attached hydrogens (tertiary/aromatic N) is 1. The zero-order valence-corrected chi connectivity index (χ0v) is 17.4. The van der Waals surface area contributed by atoms with E-state index >= 15 is 0 Å². The Labute approximate surface area is 177 Å². The molecule has 0 radical (unpaired) electrons. The van der Waals surface area contributed by atoms with Gasteiger partial charge in [0.05, 0.1) is 22.7 Å². The highest BCUT2D eigenvalue weighted by Crippen LogP contribution is 2.31. The number of pyridine rings is 1. The van der Waals surface area contributed by atoms with Gasteiger partial charge >= 0.3 is 12.0 Å². The zero-order valence-electron chi connectivity index (χ0n) is 16.6. The van der Waals surface area contributed by atoms with Gasteiger partial charge < -0.3 is 19.8 Å². The number of hydrogen-bond donors (Lipinski definition) is 2. The molecule has 1 unspecified atom stereocenters. The molecule has 1 aliphatic heterocycles. The second-order valence-corrected chi connectivity index (χ2v) is 7.72. The molecule has 1 aromatic carbocycles. The van der Waals surface area contributed by atoms with Gasteiger partial charge in [0.15, 0.2) is 0 Å². The van der Waals surface area contributed by atoms with Gasteiger partial charge in [-0.2, -0.15) is 0 Å². The second-order valence-electron chi connectivity index (χ2n) is 6.72. The Morgan fingerprint density at radius 1 is 1.20 bits per heavy atom. The number of esters is 1. The fourth-order valence-electron chi connectivity index (χ4n) is 3.28. The number of ether oxygens (including phenoxy) is 1. The van der Waals surface area contributed by atoms with Gasteiger partial charge in [0.2, 0.25) is 0 Å². The van der Waals surface area contributed by atoms with E-state index in [4.69, 9.17) is 9.15 Å². The quantitative estimate of drug-likeness (QED) is 0.458. The predicted octanol–water partition coefficient (Wildman–Crippen LogP) is 4.10. The number of carbonyl (C=O) groups is 2. The molecule has 2 aromatic heterocycles. The van der Waals surface area contributed by atoms with Crippen molar-refractivity contribution in [2.24, 2.45) is 0 Å². The minimum Gasteiger partial charge on any atom is -0.464 e. The summed E-state index contributed by atoms with van der Waals surface area (Å²) in [5.41, 5.74) is 1.70. The number of hydrogen-bond acceptors (Lipinski definition) is 6. The maximum Gasteiger partial charge on any atom is 0.338 e. The van der Waals surface area contributed by atoms with Crippen molar-refractivity contribution in [1.82, 2.24) is 15.6 Å². The van der Waals surface area contributed by atoms with Crippen LogP contribution in [-0.2, 0) is 9.53 Å². The van der Waals surface area contributed by atoms with Crippen LogP contribution in [0.3, 0.4) is 0 Å². The Balaban J connectivity index is 1.66. The molecule has 30 heavy (non-hydrogen) atoms. The molecular weight excluding hydrogens is 402 g/mol. The van der Waals surface area contributed by atoms with Crippen molar-refractivity contribution < 1.29 is 18.7 Å². The first-order valence-corrected chi connectivity index (χ1v) is 10.6. The number of para-hydroxylation sites is 1. The van der Waals surface area contributed by atoms with Gasteiger partial charge in [0.25, 0.3) is 0 Å². The van der Waals surface area contributed by atoms with Crippen molar-refractivity contribution in [3.63, 3.8) is 0 Å². The van der Waals surface area contributed by atoms with Crippen LogP contribution in [0.25, 0.3) is 10.9 Å². The number of aryl methyl sites for hydroxylation is 1. The van der Waals surface area contributed by atoms with Crippen molar-refractivity contribution in [3.05, 3.63) is 71.3 Å². The number of nitrogens with one attached hydrogen (secondary N) is 2. The standard InChI is InChI=1S/C22H21N3O4S/c1-3-28-21(26)19-16(24-22(27)25-20(19)17-10-8-13(2)29-17)12-30-18-11-9-14-6-4-5-7-15(14)23-18/h4-11,20H,3,12H2,1-2H3,(H2,24,25,27). The minimum absolute atomic E-state index is 0.229. The SMILES string of the molecule is CCOC(=O)C1=C(CSc2ccc3ccccc3n2)NC(=O)NC1c1ccc(C)o1. The summed E-state index contributed by atoms with van der Waals surface area (Å²) in [7, 11) is 0. The van der Waals surface area contributed by atoms with Gasteiger partial charge in [-0.25, -0.2) is 14.6 Å². The summed E-state index contributed by atoms with van der Waals surface area (Å²) in [6.45, 7) is 3.78. The highest BCUT2D eigenvalue weighted by atomic mass is 32.2. The Bertz CT molecular complexity index is 1140. The van der Waals surface area contributed by atoms with Gasteiger partial charge in [-0.05, 0) is 38.1 Å². The highest BCUT2D eigenvalue weighted by molar-refractivity contribution is 7.99. The average Bonchev–Trinajstić information content (AvgIpc) is 3.18. The lowest BCUT2D eigenvalue weighted by Gasteiger charge is -2.27. The number of carbonyl (C=O) groups excluding carboxylic acids is 2. The predicted molar refractivity (Wildman–Crippen MR) is 114 cm³/mol. The highest BCUT2D eigenvalue weighted by Gasteiger charge is 2.35. The zero-order chi connectivity index (χ0) is 21.1. The monoisotopic (exact) mass is 423 g/mol. The summed E-state index contributed by atoms with van der Waals surface area (Å²) in [5, 5.41) is 7.37. The maximum absolute atomic E-state index is 12.8. The number of fused-ring (bicyclic) bond motifs is 1. The molecule has 0 saturated heterocycles. The van der Waals surface area contributed by atoms with E-state index in [0.717, 1.165) is 15.9 Å². The molecule has 1 aliphatic rings. The van der Waals surface area contributed by atoms with Crippen LogP contribution < -0.4 is 10.6 Å². The van der Waals surface area contributed by atoms with Crippen LogP contribution in [0.5, 0.6) is 0 Å².